The molecule has 100 valence electrons. The standard InChI is InChI=1S/C14H16BrN3O/c1-9-13(10(2)18(3)17-9)8-16-14(19)11-5-4-6-12(15)7-11/h4-7H,8H2,1-3H3,(H,16,19). The quantitative estimate of drug-likeness (QED) is 0.944. The largest absolute Gasteiger partial charge is 0.348 e. The number of hydrogen-bond acceptors (Lipinski definition) is 2. The van der Waals surface area contributed by atoms with Gasteiger partial charge in [-0.25, -0.2) is 0 Å². The van der Waals surface area contributed by atoms with E-state index in [2.05, 4.69) is 26.3 Å². The lowest BCUT2D eigenvalue weighted by molar-refractivity contribution is 0.0951. The number of aryl methyl sites for hydroxylation is 2. The third-order valence-electron chi connectivity index (χ3n) is 3.17. The van der Waals surface area contributed by atoms with Gasteiger partial charge in [0.1, 0.15) is 0 Å². The van der Waals surface area contributed by atoms with Crippen molar-refractivity contribution in [3.05, 3.63) is 51.3 Å². The number of benzene rings is 1. The molecule has 5 heteroatoms. The fourth-order valence-corrected chi connectivity index (χ4v) is 2.37. The molecule has 0 aliphatic rings. The molecule has 0 unspecified atom stereocenters. The second-order valence-corrected chi connectivity index (χ2v) is 5.38. The molecule has 0 aliphatic heterocycles. The van der Waals surface area contributed by atoms with E-state index in [0.717, 1.165) is 21.4 Å². The predicted molar refractivity (Wildman–Crippen MR) is 78.0 cm³/mol. The van der Waals surface area contributed by atoms with Crippen molar-refractivity contribution in [3.63, 3.8) is 0 Å². The van der Waals surface area contributed by atoms with E-state index in [9.17, 15) is 4.79 Å². The topological polar surface area (TPSA) is 46.9 Å². The number of halogens is 1. The molecule has 1 N–H and O–H groups in total. The van der Waals surface area contributed by atoms with Gasteiger partial charge in [-0.1, -0.05) is 22.0 Å². The van der Waals surface area contributed by atoms with Gasteiger partial charge in [-0.3, -0.25) is 9.48 Å². The molecular formula is C14H16BrN3O. The molecule has 19 heavy (non-hydrogen) atoms. The number of nitrogens with one attached hydrogen (secondary N) is 1. The lowest BCUT2D eigenvalue weighted by Crippen LogP contribution is -2.23. The van der Waals surface area contributed by atoms with Crippen LogP contribution in [0.3, 0.4) is 0 Å². The molecule has 0 bridgehead atoms. The van der Waals surface area contributed by atoms with Crippen LogP contribution < -0.4 is 5.32 Å². The third kappa shape index (κ3) is 3.04. The molecular weight excluding hydrogens is 306 g/mol. The predicted octanol–water partition coefficient (Wildman–Crippen LogP) is 2.73. The van der Waals surface area contributed by atoms with Gasteiger partial charge in [-0.2, -0.15) is 5.10 Å². The highest BCUT2D eigenvalue weighted by Gasteiger charge is 2.11. The third-order valence-corrected chi connectivity index (χ3v) is 3.66. The van der Waals surface area contributed by atoms with Gasteiger partial charge < -0.3 is 5.32 Å². The van der Waals surface area contributed by atoms with Crippen molar-refractivity contribution in [2.24, 2.45) is 7.05 Å². The van der Waals surface area contributed by atoms with Gasteiger partial charge in [-0.05, 0) is 32.0 Å². The van der Waals surface area contributed by atoms with Crippen molar-refractivity contribution in [2.75, 3.05) is 0 Å². The maximum Gasteiger partial charge on any atom is 0.251 e. The Balaban J connectivity index is 2.09. The lowest BCUT2D eigenvalue weighted by atomic mass is 10.1. The van der Waals surface area contributed by atoms with E-state index < -0.39 is 0 Å². The van der Waals surface area contributed by atoms with Crippen molar-refractivity contribution < 1.29 is 4.79 Å². The Kier molecular flexibility index (Phi) is 4.04. The molecule has 0 saturated carbocycles. The Morgan fingerprint density at radius 3 is 2.74 bits per heavy atom. The van der Waals surface area contributed by atoms with Gasteiger partial charge in [0.15, 0.2) is 0 Å². The van der Waals surface area contributed by atoms with E-state index >= 15 is 0 Å². The average molecular weight is 322 g/mol. The summed E-state index contributed by atoms with van der Waals surface area (Å²) in [6.45, 7) is 4.45. The summed E-state index contributed by atoms with van der Waals surface area (Å²) < 4.78 is 2.73. The zero-order valence-corrected chi connectivity index (χ0v) is 12.8. The summed E-state index contributed by atoms with van der Waals surface area (Å²) >= 11 is 3.36. The molecule has 0 saturated heterocycles. The van der Waals surface area contributed by atoms with Crippen molar-refractivity contribution in [2.45, 2.75) is 20.4 Å². The minimum Gasteiger partial charge on any atom is -0.348 e. The van der Waals surface area contributed by atoms with E-state index in [-0.39, 0.29) is 5.91 Å². The molecule has 0 fully saturated rings. The molecule has 1 amide bonds. The van der Waals surface area contributed by atoms with Crippen LogP contribution in [0.4, 0.5) is 0 Å². The zero-order valence-electron chi connectivity index (χ0n) is 11.2. The lowest BCUT2D eigenvalue weighted by Gasteiger charge is -2.06. The average Bonchev–Trinajstić information content (AvgIpc) is 2.61. The maximum atomic E-state index is 12.0. The number of rotatable bonds is 3. The summed E-state index contributed by atoms with van der Waals surface area (Å²) in [4.78, 5) is 12.0. The Labute approximate surface area is 120 Å². The highest BCUT2D eigenvalue weighted by atomic mass is 79.9. The summed E-state index contributed by atoms with van der Waals surface area (Å²) in [7, 11) is 1.90. The van der Waals surface area contributed by atoms with Crippen LogP contribution in [0.15, 0.2) is 28.7 Å². The second kappa shape index (κ2) is 5.57. The number of aromatic nitrogens is 2. The first-order valence-corrected chi connectivity index (χ1v) is 6.81. The molecule has 1 heterocycles. The van der Waals surface area contributed by atoms with Crippen LogP contribution in [0, 0.1) is 13.8 Å². The second-order valence-electron chi connectivity index (χ2n) is 4.47. The Hall–Kier alpha value is -1.62. The first-order valence-electron chi connectivity index (χ1n) is 6.02. The van der Waals surface area contributed by atoms with Crippen LogP contribution in [0.25, 0.3) is 0 Å². The van der Waals surface area contributed by atoms with Gasteiger partial charge >= 0.3 is 0 Å². The molecule has 1 aromatic heterocycles. The Morgan fingerprint density at radius 2 is 2.16 bits per heavy atom. The normalized spacial score (nSPS) is 10.5. The van der Waals surface area contributed by atoms with Crippen LogP contribution >= 0.6 is 15.9 Å². The van der Waals surface area contributed by atoms with Crippen LogP contribution in [0.1, 0.15) is 27.3 Å². The van der Waals surface area contributed by atoms with Crippen molar-refractivity contribution in [3.8, 4) is 0 Å². The Bertz CT molecular complexity index is 619. The van der Waals surface area contributed by atoms with Gasteiger partial charge in [0.05, 0.1) is 5.69 Å². The molecule has 4 nitrogen and oxygen atoms in total. The van der Waals surface area contributed by atoms with Gasteiger partial charge in [-0.15, -0.1) is 0 Å². The summed E-state index contributed by atoms with van der Waals surface area (Å²) in [5.41, 5.74) is 3.75. The van der Waals surface area contributed by atoms with E-state index in [1.807, 2.05) is 37.7 Å². The van der Waals surface area contributed by atoms with E-state index in [1.165, 1.54) is 0 Å². The highest BCUT2D eigenvalue weighted by Crippen LogP contribution is 2.13. The van der Waals surface area contributed by atoms with Gasteiger partial charge in [0, 0.05) is 34.9 Å². The minimum absolute atomic E-state index is 0.0797. The zero-order chi connectivity index (χ0) is 14.0. The number of nitrogens with zero attached hydrogens (tertiary/aromatic N) is 2. The maximum absolute atomic E-state index is 12.0. The molecule has 0 atom stereocenters. The Morgan fingerprint density at radius 1 is 1.42 bits per heavy atom. The van der Waals surface area contributed by atoms with Crippen LogP contribution in [-0.2, 0) is 13.6 Å². The molecule has 0 radical (unpaired) electrons. The summed E-state index contributed by atoms with van der Waals surface area (Å²) in [6.07, 6.45) is 0. The molecule has 2 aromatic rings. The van der Waals surface area contributed by atoms with E-state index in [1.54, 1.807) is 12.1 Å². The summed E-state index contributed by atoms with van der Waals surface area (Å²) in [6, 6.07) is 7.34. The number of carbonyl (C=O) groups excluding carboxylic acids is 1. The summed E-state index contributed by atoms with van der Waals surface area (Å²) in [5.74, 6) is -0.0797. The minimum atomic E-state index is -0.0797. The van der Waals surface area contributed by atoms with Crippen molar-refractivity contribution >= 4 is 21.8 Å². The van der Waals surface area contributed by atoms with Gasteiger partial charge in [0.2, 0.25) is 0 Å². The fraction of sp³-hybridized carbons (Fsp3) is 0.286. The number of hydrogen-bond donors (Lipinski definition) is 1. The van der Waals surface area contributed by atoms with Crippen molar-refractivity contribution in [1.29, 1.82) is 0 Å². The van der Waals surface area contributed by atoms with Crippen molar-refractivity contribution in [1.82, 2.24) is 15.1 Å². The van der Waals surface area contributed by atoms with Crippen LogP contribution in [0.5, 0.6) is 0 Å². The smallest absolute Gasteiger partial charge is 0.251 e. The molecule has 2 rings (SSSR count). The first-order chi connectivity index (χ1) is 8.99. The molecule has 1 aromatic carbocycles. The van der Waals surface area contributed by atoms with Gasteiger partial charge in [0.25, 0.3) is 5.91 Å². The highest BCUT2D eigenvalue weighted by molar-refractivity contribution is 9.10. The first kappa shape index (κ1) is 13.8. The monoisotopic (exact) mass is 321 g/mol. The van der Waals surface area contributed by atoms with E-state index in [4.69, 9.17) is 0 Å². The SMILES string of the molecule is Cc1nn(C)c(C)c1CNC(=O)c1cccc(Br)c1. The fourth-order valence-electron chi connectivity index (χ4n) is 1.97. The van der Waals surface area contributed by atoms with Crippen LogP contribution in [0.2, 0.25) is 0 Å². The number of amides is 1. The molecule has 0 aliphatic carbocycles. The van der Waals surface area contributed by atoms with Crippen LogP contribution in [-0.4, -0.2) is 15.7 Å². The summed E-state index contributed by atoms with van der Waals surface area (Å²) in [5, 5.41) is 7.26. The number of carbonyl (C=O) groups is 1. The molecule has 0 spiro atoms. The van der Waals surface area contributed by atoms with E-state index in [0.29, 0.717) is 12.1 Å².